The number of nitrogens with zero attached hydrogens (tertiary/aromatic N) is 3. The van der Waals surface area contributed by atoms with Crippen LogP contribution in [0.1, 0.15) is 24.2 Å². The third-order valence-corrected chi connectivity index (χ3v) is 4.35. The van der Waals surface area contributed by atoms with Gasteiger partial charge in [-0.25, -0.2) is 19.7 Å². The molecule has 0 spiro atoms. The summed E-state index contributed by atoms with van der Waals surface area (Å²) in [6.45, 7) is 4.90. The van der Waals surface area contributed by atoms with Crippen molar-refractivity contribution in [1.29, 1.82) is 0 Å². The van der Waals surface area contributed by atoms with Crippen LogP contribution in [0.25, 0.3) is 0 Å². The zero-order valence-corrected chi connectivity index (χ0v) is 18.3. The van der Waals surface area contributed by atoms with Crippen molar-refractivity contribution in [1.82, 2.24) is 20.3 Å². The maximum absolute atomic E-state index is 12.9. The van der Waals surface area contributed by atoms with Crippen LogP contribution in [0.5, 0.6) is 0 Å². The van der Waals surface area contributed by atoms with Crippen LogP contribution in [0.4, 0.5) is 33.6 Å². The van der Waals surface area contributed by atoms with E-state index in [1.807, 2.05) is 13.8 Å². The minimum atomic E-state index is -0.418. The van der Waals surface area contributed by atoms with Gasteiger partial charge >= 0.3 is 6.03 Å². The summed E-state index contributed by atoms with van der Waals surface area (Å²) >= 11 is 5.96. The number of carbonyl (C=O) groups is 2. The molecule has 0 bridgehead atoms. The van der Waals surface area contributed by atoms with E-state index >= 15 is 0 Å². The van der Waals surface area contributed by atoms with E-state index in [9.17, 15) is 9.59 Å². The maximum Gasteiger partial charge on any atom is 0.320 e. The highest BCUT2D eigenvalue weighted by Crippen LogP contribution is 2.25. The average Bonchev–Trinajstić information content (AvgIpc) is 2.77. The van der Waals surface area contributed by atoms with Gasteiger partial charge in [0.2, 0.25) is 5.95 Å². The van der Waals surface area contributed by atoms with E-state index in [0.717, 1.165) is 0 Å². The van der Waals surface area contributed by atoms with Crippen molar-refractivity contribution in [2.75, 3.05) is 34.4 Å². The van der Waals surface area contributed by atoms with E-state index in [2.05, 4.69) is 41.5 Å². The van der Waals surface area contributed by atoms with Crippen LogP contribution < -0.4 is 26.6 Å². The lowest BCUT2D eigenvalue weighted by atomic mass is 10.2. The minimum Gasteiger partial charge on any atom is -0.355 e. The summed E-state index contributed by atoms with van der Waals surface area (Å²) in [5.41, 5.74) is 1.84. The summed E-state index contributed by atoms with van der Waals surface area (Å²) in [5, 5.41) is 14.7. The molecule has 0 atom stereocenters. The fraction of sp³-hybridized carbons (Fsp3) is 0.190. The van der Waals surface area contributed by atoms with Crippen LogP contribution in [-0.2, 0) is 0 Å². The molecular formula is C21H23ClN8O2. The molecule has 166 valence electrons. The fourth-order valence-electron chi connectivity index (χ4n) is 2.66. The molecular weight excluding hydrogens is 432 g/mol. The molecule has 32 heavy (non-hydrogen) atoms. The molecule has 5 N–H and O–H groups in total. The predicted molar refractivity (Wildman–Crippen MR) is 126 cm³/mol. The Balaban J connectivity index is 1.85. The van der Waals surface area contributed by atoms with Crippen molar-refractivity contribution in [3.05, 3.63) is 59.5 Å². The van der Waals surface area contributed by atoms with E-state index in [-0.39, 0.29) is 11.4 Å². The summed E-state index contributed by atoms with van der Waals surface area (Å²) in [6.07, 6.45) is 4.39. The predicted octanol–water partition coefficient (Wildman–Crippen LogP) is 4.09. The molecule has 0 aliphatic heterocycles. The highest BCUT2D eigenvalue weighted by Gasteiger charge is 2.15. The van der Waals surface area contributed by atoms with Gasteiger partial charge in [0.15, 0.2) is 0 Å². The zero-order chi connectivity index (χ0) is 22.9. The standard InChI is InChI=1S/C21H23ClN8O2/c1-3-23-20-26-10-15(11-27-20)29-19(31)16-12-25-18(30-21(32)24-4-2)9-17(16)28-14-7-5-13(22)6-8-14/h5-12H,3-4H2,1-2H3,(H,29,31)(H,23,26,27)(H3,24,25,28,30,32). The molecule has 0 fully saturated rings. The Morgan fingerprint density at radius 2 is 1.62 bits per heavy atom. The van der Waals surface area contributed by atoms with Gasteiger partial charge in [-0.3, -0.25) is 10.1 Å². The molecule has 0 aliphatic rings. The van der Waals surface area contributed by atoms with Crippen molar-refractivity contribution in [3.8, 4) is 0 Å². The highest BCUT2D eigenvalue weighted by atomic mass is 35.5. The third kappa shape index (κ3) is 6.29. The van der Waals surface area contributed by atoms with Crippen molar-refractivity contribution < 1.29 is 9.59 Å². The van der Waals surface area contributed by atoms with E-state index in [0.29, 0.717) is 41.1 Å². The lowest BCUT2D eigenvalue weighted by Gasteiger charge is -2.14. The van der Waals surface area contributed by atoms with Crippen molar-refractivity contribution in [2.45, 2.75) is 13.8 Å². The molecule has 3 aromatic rings. The molecule has 0 unspecified atom stereocenters. The quantitative estimate of drug-likeness (QED) is 0.346. The van der Waals surface area contributed by atoms with Gasteiger partial charge in [-0.15, -0.1) is 0 Å². The molecule has 2 aromatic heterocycles. The summed E-state index contributed by atoms with van der Waals surface area (Å²) < 4.78 is 0. The van der Waals surface area contributed by atoms with Gasteiger partial charge in [-0.05, 0) is 38.1 Å². The second kappa shape index (κ2) is 10.9. The smallest absolute Gasteiger partial charge is 0.320 e. The van der Waals surface area contributed by atoms with Gasteiger partial charge in [0.1, 0.15) is 5.82 Å². The molecule has 0 aliphatic carbocycles. The first-order chi connectivity index (χ1) is 15.5. The van der Waals surface area contributed by atoms with Crippen molar-refractivity contribution >= 4 is 52.4 Å². The Morgan fingerprint density at radius 3 is 2.28 bits per heavy atom. The van der Waals surface area contributed by atoms with Crippen LogP contribution in [0.15, 0.2) is 48.9 Å². The Kier molecular flexibility index (Phi) is 7.76. The lowest BCUT2D eigenvalue weighted by molar-refractivity contribution is 0.102. The van der Waals surface area contributed by atoms with Gasteiger partial charge in [0, 0.05) is 36.1 Å². The summed E-state index contributed by atoms with van der Waals surface area (Å²) in [7, 11) is 0. The van der Waals surface area contributed by atoms with Gasteiger partial charge in [-0.1, -0.05) is 11.6 Å². The first kappa shape index (κ1) is 22.8. The topological polar surface area (TPSA) is 133 Å². The number of benzene rings is 1. The average molecular weight is 455 g/mol. The molecule has 3 amide bonds. The number of nitrogens with one attached hydrogen (secondary N) is 5. The normalized spacial score (nSPS) is 10.2. The van der Waals surface area contributed by atoms with Gasteiger partial charge in [-0.2, -0.15) is 0 Å². The van der Waals surface area contributed by atoms with E-state index < -0.39 is 11.9 Å². The Hall–Kier alpha value is -3.92. The van der Waals surface area contributed by atoms with E-state index in [4.69, 9.17) is 11.6 Å². The minimum absolute atomic E-state index is 0.261. The van der Waals surface area contributed by atoms with Crippen LogP contribution in [-0.4, -0.2) is 40.0 Å². The number of pyridine rings is 1. The summed E-state index contributed by atoms with van der Waals surface area (Å²) in [4.78, 5) is 37.3. The third-order valence-electron chi connectivity index (χ3n) is 4.10. The Morgan fingerprint density at radius 1 is 0.906 bits per heavy atom. The molecule has 0 saturated carbocycles. The monoisotopic (exact) mass is 454 g/mol. The second-order valence-corrected chi connectivity index (χ2v) is 6.95. The molecule has 0 radical (unpaired) electrons. The molecule has 3 rings (SSSR count). The number of urea groups is 1. The fourth-order valence-corrected chi connectivity index (χ4v) is 2.78. The van der Waals surface area contributed by atoms with Crippen LogP contribution in [0.3, 0.4) is 0 Å². The second-order valence-electron chi connectivity index (χ2n) is 6.51. The van der Waals surface area contributed by atoms with E-state index in [1.54, 1.807) is 30.3 Å². The van der Waals surface area contributed by atoms with Crippen molar-refractivity contribution in [3.63, 3.8) is 0 Å². The number of amides is 3. The van der Waals surface area contributed by atoms with Gasteiger partial charge in [0.05, 0.1) is 29.3 Å². The maximum atomic E-state index is 12.9. The number of halogens is 1. The first-order valence-electron chi connectivity index (χ1n) is 9.93. The van der Waals surface area contributed by atoms with Gasteiger partial charge in [0.25, 0.3) is 5.91 Å². The largest absolute Gasteiger partial charge is 0.355 e. The molecule has 11 heteroatoms. The number of anilines is 5. The number of aromatic nitrogens is 3. The Bertz CT molecular complexity index is 1070. The number of hydrogen-bond donors (Lipinski definition) is 5. The van der Waals surface area contributed by atoms with Crippen LogP contribution >= 0.6 is 11.6 Å². The van der Waals surface area contributed by atoms with Crippen LogP contribution in [0.2, 0.25) is 5.02 Å². The van der Waals surface area contributed by atoms with Gasteiger partial charge < -0.3 is 21.3 Å². The Labute approximate surface area is 190 Å². The zero-order valence-electron chi connectivity index (χ0n) is 17.6. The summed E-state index contributed by atoms with van der Waals surface area (Å²) in [5.74, 6) is 0.332. The number of hydrogen-bond acceptors (Lipinski definition) is 7. The summed E-state index contributed by atoms with van der Waals surface area (Å²) in [6, 6.07) is 8.17. The molecule has 10 nitrogen and oxygen atoms in total. The first-order valence-corrected chi connectivity index (χ1v) is 10.3. The molecule has 1 aromatic carbocycles. The number of carbonyl (C=O) groups excluding carboxylic acids is 2. The SMILES string of the molecule is CCNC(=O)Nc1cc(Nc2ccc(Cl)cc2)c(C(=O)Nc2cnc(NCC)nc2)cn1. The van der Waals surface area contributed by atoms with E-state index in [1.165, 1.54) is 18.6 Å². The van der Waals surface area contributed by atoms with Crippen molar-refractivity contribution in [2.24, 2.45) is 0 Å². The number of rotatable bonds is 8. The molecule has 0 saturated heterocycles. The highest BCUT2D eigenvalue weighted by molar-refractivity contribution is 6.30. The van der Waals surface area contributed by atoms with Crippen LogP contribution in [0, 0.1) is 0 Å². The molecule has 2 heterocycles. The lowest BCUT2D eigenvalue weighted by Crippen LogP contribution is -2.28.